The highest BCUT2D eigenvalue weighted by atomic mass is 79.9. The Morgan fingerprint density at radius 1 is 1.31 bits per heavy atom. The van der Waals surface area contributed by atoms with E-state index in [1.807, 2.05) is 27.7 Å². The number of rotatable bonds is 7. The second kappa shape index (κ2) is 8.15. The molecule has 8 nitrogen and oxygen atoms in total. The van der Waals surface area contributed by atoms with Crippen LogP contribution in [0, 0.1) is 17.8 Å². The largest absolute Gasteiger partial charge is 0.394 e. The fourth-order valence-corrected chi connectivity index (χ4v) is 6.35. The summed E-state index contributed by atoms with van der Waals surface area (Å²) in [6.45, 7) is 7.49. The third kappa shape index (κ3) is 3.49. The number of halogens is 1. The van der Waals surface area contributed by atoms with E-state index in [4.69, 9.17) is 4.74 Å². The van der Waals surface area contributed by atoms with Gasteiger partial charge >= 0.3 is 0 Å². The number of alkyl halides is 1. The molecule has 3 aliphatic rings. The molecule has 0 aliphatic carbocycles. The first-order valence-corrected chi connectivity index (χ1v) is 11.3. The van der Waals surface area contributed by atoms with E-state index in [-0.39, 0.29) is 41.1 Å². The summed E-state index contributed by atoms with van der Waals surface area (Å²) in [4.78, 5) is 41.0. The number of carbonyl (C=O) groups excluding carboxylic acids is 3. The van der Waals surface area contributed by atoms with Crippen molar-refractivity contribution in [2.75, 3.05) is 13.7 Å². The Bertz CT molecular complexity index is 687. The first-order valence-electron chi connectivity index (χ1n) is 10.4. The second-order valence-corrected chi connectivity index (χ2v) is 10.3. The molecule has 9 heteroatoms. The van der Waals surface area contributed by atoms with Gasteiger partial charge in [0.2, 0.25) is 17.7 Å². The lowest BCUT2D eigenvalue weighted by Crippen LogP contribution is -2.59. The van der Waals surface area contributed by atoms with E-state index in [2.05, 4.69) is 26.6 Å². The van der Waals surface area contributed by atoms with Crippen LogP contribution in [0.3, 0.4) is 0 Å². The molecular weight excluding hydrogens is 442 g/mol. The van der Waals surface area contributed by atoms with Gasteiger partial charge in [0.05, 0.1) is 30.6 Å². The summed E-state index contributed by atoms with van der Waals surface area (Å²) in [5.41, 5.74) is -1.07. The Hall–Kier alpha value is -1.19. The first kappa shape index (κ1) is 22.5. The molecule has 3 amide bonds. The number of aliphatic hydroxyl groups excluding tert-OH is 1. The maximum Gasteiger partial charge on any atom is 0.246 e. The molecule has 0 saturated carbocycles. The van der Waals surface area contributed by atoms with Crippen LogP contribution in [-0.2, 0) is 19.1 Å². The van der Waals surface area contributed by atoms with E-state index in [1.54, 1.807) is 7.05 Å². The summed E-state index contributed by atoms with van der Waals surface area (Å²) in [5.74, 6) is -2.00. The first-order chi connectivity index (χ1) is 13.6. The van der Waals surface area contributed by atoms with Gasteiger partial charge < -0.3 is 25.4 Å². The van der Waals surface area contributed by atoms with Crippen molar-refractivity contribution in [1.29, 1.82) is 0 Å². The highest BCUT2D eigenvalue weighted by Gasteiger charge is 2.76. The van der Waals surface area contributed by atoms with Crippen LogP contribution in [0.15, 0.2) is 0 Å². The van der Waals surface area contributed by atoms with Crippen molar-refractivity contribution in [2.45, 2.75) is 75.2 Å². The Balaban J connectivity index is 2.09. The summed E-state index contributed by atoms with van der Waals surface area (Å²) >= 11 is 3.61. The number of aliphatic hydroxyl groups is 1. The number of nitrogens with one attached hydrogen (secondary N) is 2. The number of hydrogen-bond donors (Lipinski definition) is 3. The van der Waals surface area contributed by atoms with Gasteiger partial charge in [-0.3, -0.25) is 14.4 Å². The van der Waals surface area contributed by atoms with Gasteiger partial charge in [0.1, 0.15) is 11.6 Å². The second-order valence-electron chi connectivity index (χ2n) is 9.15. The zero-order valence-electron chi connectivity index (χ0n) is 17.6. The highest BCUT2D eigenvalue weighted by molar-refractivity contribution is 9.09. The molecule has 3 rings (SSSR count). The van der Waals surface area contributed by atoms with Crippen LogP contribution in [0.5, 0.6) is 0 Å². The molecule has 3 unspecified atom stereocenters. The van der Waals surface area contributed by atoms with Gasteiger partial charge in [0, 0.05) is 17.9 Å². The Kier molecular flexibility index (Phi) is 6.32. The van der Waals surface area contributed by atoms with Crippen molar-refractivity contribution < 1.29 is 24.2 Å². The molecule has 29 heavy (non-hydrogen) atoms. The van der Waals surface area contributed by atoms with Crippen molar-refractivity contribution >= 4 is 33.7 Å². The summed E-state index contributed by atoms with van der Waals surface area (Å²) in [7, 11) is 1.54. The van der Waals surface area contributed by atoms with Crippen LogP contribution < -0.4 is 10.6 Å². The molecule has 3 heterocycles. The summed E-state index contributed by atoms with van der Waals surface area (Å²) in [6.07, 6.45) is 0.564. The van der Waals surface area contributed by atoms with Crippen molar-refractivity contribution in [3.8, 4) is 0 Å². The number of amides is 3. The average molecular weight is 474 g/mol. The summed E-state index contributed by atoms with van der Waals surface area (Å²) < 4.78 is 6.33. The molecule has 3 N–H and O–H groups in total. The van der Waals surface area contributed by atoms with E-state index < -0.39 is 35.6 Å². The predicted molar refractivity (Wildman–Crippen MR) is 110 cm³/mol. The fraction of sp³-hybridized carbons (Fsp3) is 0.850. The zero-order chi connectivity index (χ0) is 21.7. The maximum atomic E-state index is 13.7. The van der Waals surface area contributed by atoms with Crippen molar-refractivity contribution in [2.24, 2.45) is 17.8 Å². The number of nitrogens with zero attached hydrogens (tertiary/aromatic N) is 1. The van der Waals surface area contributed by atoms with E-state index in [9.17, 15) is 19.5 Å². The van der Waals surface area contributed by atoms with E-state index in [1.165, 1.54) is 4.90 Å². The minimum atomic E-state index is -1.07. The molecular formula is C20H32BrN3O5. The van der Waals surface area contributed by atoms with E-state index in [0.717, 1.165) is 0 Å². The van der Waals surface area contributed by atoms with Crippen molar-refractivity contribution in [3.05, 3.63) is 0 Å². The van der Waals surface area contributed by atoms with Crippen LogP contribution in [-0.4, -0.2) is 76.0 Å². The van der Waals surface area contributed by atoms with E-state index in [0.29, 0.717) is 12.8 Å². The molecule has 7 atom stereocenters. The number of carbonyl (C=O) groups is 3. The third-order valence-electron chi connectivity index (χ3n) is 6.30. The third-order valence-corrected chi connectivity index (χ3v) is 7.15. The smallest absolute Gasteiger partial charge is 0.246 e. The Morgan fingerprint density at radius 2 is 1.97 bits per heavy atom. The Labute approximate surface area is 180 Å². The highest BCUT2D eigenvalue weighted by Crippen LogP contribution is 2.60. The van der Waals surface area contributed by atoms with Gasteiger partial charge in [-0.2, -0.15) is 0 Å². The standard InChI is InChI=1S/C20H32BrN3O5/c1-9(2)6-11(8-25)24-16(18(27)23-10(3)4)20-7-12(21)15(29-20)13(17(26)22-5)14(20)19(24)28/h9-16,25H,6-8H2,1-5H3,(H,22,26)(H,23,27)/t11-,12?,13-,14+,15-,16?,20?/m1/s1. The van der Waals surface area contributed by atoms with Crippen molar-refractivity contribution in [3.63, 3.8) is 0 Å². The van der Waals surface area contributed by atoms with Crippen LogP contribution in [0.25, 0.3) is 0 Å². The molecule has 0 radical (unpaired) electrons. The average Bonchev–Trinajstić information content (AvgIpc) is 3.21. The summed E-state index contributed by atoms with van der Waals surface area (Å²) in [5, 5.41) is 15.7. The SMILES string of the molecule is CNC(=O)[C@H]1[C@@H]2OC3(CC2Br)C(C(=O)NC(C)C)N([C@@H](CO)CC(C)C)C(=O)[C@H]13. The molecule has 0 aromatic heterocycles. The number of ether oxygens (including phenoxy) is 1. The minimum absolute atomic E-state index is 0.110. The number of fused-ring (bicyclic) bond motifs is 1. The van der Waals surface area contributed by atoms with Gasteiger partial charge in [-0.1, -0.05) is 29.8 Å². The minimum Gasteiger partial charge on any atom is -0.394 e. The normalized spacial score (nSPS) is 36.7. The van der Waals surface area contributed by atoms with Crippen LogP contribution in [0.2, 0.25) is 0 Å². The predicted octanol–water partition coefficient (Wildman–Crippen LogP) is 0.412. The zero-order valence-corrected chi connectivity index (χ0v) is 19.2. The van der Waals surface area contributed by atoms with Gasteiger partial charge in [-0.15, -0.1) is 0 Å². The van der Waals surface area contributed by atoms with Crippen LogP contribution in [0.4, 0.5) is 0 Å². The molecule has 2 bridgehead atoms. The molecule has 1 spiro atoms. The molecule has 0 aromatic carbocycles. The van der Waals surface area contributed by atoms with Gasteiger partial charge in [-0.25, -0.2) is 0 Å². The quantitative estimate of drug-likeness (QED) is 0.464. The fourth-order valence-electron chi connectivity index (χ4n) is 5.41. The lowest BCUT2D eigenvalue weighted by Gasteiger charge is -2.37. The summed E-state index contributed by atoms with van der Waals surface area (Å²) in [6, 6.07) is -1.49. The lowest BCUT2D eigenvalue weighted by molar-refractivity contribution is -0.146. The van der Waals surface area contributed by atoms with Crippen LogP contribution >= 0.6 is 15.9 Å². The molecule has 0 aromatic rings. The monoisotopic (exact) mass is 473 g/mol. The van der Waals surface area contributed by atoms with E-state index >= 15 is 0 Å². The van der Waals surface area contributed by atoms with Crippen molar-refractivity contribution in [1.82, 2.24) is 15.5 Å². The van der Waals surface area contributed by atoms with Gasteiger partial charge in [0.15, 0.2) is 0 Å². The number of hydrogen-bond acceptors (Lipinski definition) is 5. The molecule has 3 aliphatic heterocycles. The van der Waals surface area contributed by atoms with Crippen LogP contribution in [0.1, 0.15) is 40.5 Å². The Morgan fingerprint density at radius 3 is 2.48 bits per heavy atom. The molecule has 3 saturated heterocycles. The topological polar surface area (TPSA) is 108 Å². The van der Waals surface area contributed by atoms with Gasteiger partial charge in [0.25, 0.3) is 0 Å². The lowest BCUT2D eigenvalue weighted by atomic mass is 9.70. The molecule has 3 fully saturated rings. The van der Waals surface area contributed by atoms with Gasteiger partial charge in [-0.05, 0) is 32.6 Å². The number of likely N-dealkylation sites (tertiary alicyclic amines) is 1. The maximum absolute atomic E-state index is 13.7. The molecule has 164 valence electrons.